The highest BCUT2D eigenvalue weighted by molar-refractivity contribution is 5.85. The van der Waals surface area contributed by atoms with Crippen LogP contribution in [0, 0.1) is 12.7 Å². The Balaban J connectivity index is 0.00000147. The first-order valence-electron chi connectivity index (χ1n) is 6.48. The third-order valence-electron chi connectivity index (χ3n) is 3.79. The van der Waals surface area contributed by atoms with Gasteiger partial charge < -0.3 is 10.3 Å². The van der Waals surface area contributed by atoms with E-state index in [1.54, 1.807) is 19.1 Å². The van der Waals surface area contributed by atoms with Gasteiger partial charge in [0.15, 0.2) is 5.82 Å². The van der Waals surface area contributed by atoms with Gasteiger partial charge >= 0.3 is 0 Å². The van der Waals surface area contributed by atoms with Crippen molar-refractivity contribution in [3.8, 4) is 11.5 Å². The molecule has 0 spiro atoms. The second-order valence-corrected chi connectivity index (χ2v) is 5.25. The minimum atomic E-state index is -0.481. The third kappa shape index (κ3) is 2.55. The van der Waals surface area contributed by atoms with E-state index < -0.39 is 5.54 Å². The summed E-state index contributed by atoms with van der Waals surface area (Å²) in [5.41, 5.74) is 6.96. The van der Waals surface area contributed by atoms with Gasteiger partial charge in [0.05, 0.1) is 5.54 Å². The molecular weight excluding hydrogens is 281 g/mol. The summed E-state index contributed by atoms with van der Waals surface area (Å²) in [5.74, 6) is 0.576. The van der Waals surface area contributed by atoms with Gasteiger partial charge in [0.1, 0.15) is 5.82 Å². The fraction of sp³-hybridized carbons (Fsp3) is 0.429. The minimum Gasteiger partial charge on any atom is -0.334 e. The van der Waals surface area contributed by atoms with Crippen LogP contribution in [0.5, 0.6) is 0 Å². The summed E-state index contributed by atoms with van der Waals surface area (Å²) in [5, 5.41) is 3.96. The molecule has 1 fully saturated rings. The summed E-state index contributed by atoms with van der Waals surface area (Å²) in [6.45, 7) is 1.71. The maximum atomic E-state index is 13.5. The summed E-state index contributed by atoms with van der Waals surface area (Å²) >= 11 is 0. The molecule has 0 bridgehead atoms. The average molecular weight is 298 g/mol. The second-order valence-electron chi connectivity index (χ2n) is 5.25. The molecule has 6 heteroatoms. The van der Waals surface area contributed by atoms with Crippen molar-refractivity contribution in [1.29, 1.82) is 0 Å². The summed E-state index contributed by atoms with van der Waals surface area (Å²) in [6.07, 6.45) is 3.90. The maximum absolute atomic E-state index is 13.5. The predicted octanol–water partition coefficient (Wildman–Crippen LogP) is 3.33. The van der Waals surface area contributed by atoms with Crippen LogP contribution >= 0.6 is 12.4 Å². The van der Waals surface area contributed by atoms with Crippen molar-refractivity contribution < 1.29 is 8.91 Å². The van der Waals surface area contributed by atoms with Crippen LogP contribution in [0.4, 0.5) is 4.39 Å². The van der Waals surface area contributed by atoms with Crippen LogP contribution in [0.2, 0.25) is 0 Å². The van der Waals surface area contributed by atoms with Gasteiger partial charge in [-0.05, 0) is 37.5 Å². The molecule has 0 unspecified atom stereocenters. The lowest BCUT2D eigenvalue weighted by Crippen LogP contribution is -2.34. The standard InChI is InChI=1S/C14H16FN3O.ClH/c1-9-4-5-10(8-11(9)15)12-17-13(18-19-12)14(16)6-2-3-7-14;/h4-5,8H,2-3,6-7,16H2,1H3;1H. The van der Waals surface area contributed by atoms with E-state index in [1.807, 2.05) is 0 Å². The number of benzene rings is 1. The van der Waals surface area contributed by atoms with Gasteiger partial charge in [-0.2, -0.15) is 4.98 Å². The molecule has 1 saturated carbocycles. The third-order valence-corrected chi connectivity index (χ3v) is 3.79. The molecule has 0 saturated heterocycles. The molecule has 0 atom stereocenters. The Labute approximate surface area is 123 Å². The van der Waals surface area contributed by atoms with E-state index in [4.69, 9.17) is 10.3 Å². The Morgan fingerprint density at radius 1 is 1.30 bits per heavy atom. The monoisotopic (exact) mass is 297 g/mol. The van der Waals surface area contributed by atoms with Gasteiger partial charge in [-0.25, -0.2) is 4.39 Å². The number of nitrogens with zero attached hydrogens (tertiary/aromatic N) is 2. The lowest BCUT2D eigenvalue weighted by atomic mass is 9.99. The minimum absolute atomic E-state index is 0. The zero-order valence-corrected chi connectivity index (χ0v) is 12.0. The van der Waals surface area contributed by atoms with Crippen molar-refractivity contribution in [1.82, 2.24) is 10.1 Å². The van der Waals surface area contributed by atoms with Crippen LogP contribution in [0.1, 0.15) is 37.1 Å². The predicted molar refractivity (Wildman–Crippen MR) is 76.0 cm³/mol. The van der Waals surface area contributed by atoms with E-state index in [1.165, 1.54) is 6.07 Å². The van der Waals surface area contributed by atoms with Crippen molar-refractivity contribution in [3.63, 3.8) is 0 Å². The van der Waals surface area contributed by atoms with Gasteiger partial charge in [0.2, 0.25) is 0 Å². The zero-order valence-electron chi connectivity index (χ0n) is 11.2. The fourth-order valence-corrected chi connectivity index (χ4v) is 2.50. The van der Waals surface area contributed by atoms with Crippen molar-refractivity contribution in [2.24, 2.45) is 5.73 Å². The number of rotatable bonds is 2. The normalized spacial score (nSPS) is 16.9. The molecule has 1 aliphatic carbocycles. The molecule has 108 valence electrons. The molecule has 20 heavy (non-hydrogen) atoms. The van der Waals surface area contributed by atoms with E-state index >= 15 is 0 Å². The van der Waals surface area contributed by atoms with E-state index in [-0.39, 0.29) is 18.2 Å². The Hall–Kier alpha value is -1.46. The zero-order chi connectivity index (χ0) is 13.5. The Morgan fingerprint density at radius 3 is 2.65 bits per heavy atom. The summed E-state index contributed by atoms with van der Waals surface area (Å²) in [6, 6.07) is 4.88. The van der Waals surface area contributed by atoms with E-state index in [2.05, 4.69) is 10.1 Å². The maximum Gasteiger partial charge on any atom is 0.258 e. The first-order valence-corrected chi connectivity index (χ1v) is 6.48. The number of aromatic nitrogens is 2. The van der Waals surface area contributed by atoms with E-state index in [9.17, 15) is 4.39 Å². The highest BCUT2D eigenvalue weighted by atomic mass is 35.5. The number of aryl methyl sites for hydroxylation is 1. The molecule has 2 N–H and O–H groups in total. The SMILES string of the molecule is Cc1ccc(-c2nc(C3(N)CCCC3)no2)cc1F.Cl. The Bertz CT molecular complexity index is 608. The van der Waals surface area contributed by atoms with Gasteiger partial charge in [-0.3, -0.25) is 0 Å². The van der Waals surface area contributed by atoms with Gasteiger partial charge in [0, 0.05) is 5.56 Å². The van der Waals surface area contributed by atoms with E-state index in [0.29, 0.717) is 22.8 Å². The average Bonchev–Trinajstić information content (AvgIpc) is 3.02. The first-order chi connectivity index (χ1) is 9.08. The van der Waals surface area contributed by atoms with Crippen molar-refractivity contribution in [2.75, 3.05) is 0 Å². The molecule has 0 aliphatic heterocycles. The van der Waals surface area contributed by atoms with E-state index in [0.717, 1.165) is 25.7 Å². The van der Waals surface area contributed by atoms with Crippen LogP contribution in [-0.2, 0) is 5.54 Å². The number of hydrogen-bond donors (Lipinski definition) is 1. The quantitative estimate of drug-likeness (QED) is 0.923. The molecule has 1 aromatic heterocycles. The highest BCUT2D eigenvalue weighted by Gasteiger charge is 2.36. The summed E-state index contributed by atoms with van der Waals surface area (Å²) in [4.78, 5) is 4.34. The number of hydrogen-bond acceptors (Lipinski definition) is 4. The molecule has 0 amide bonds. The smallest absolute Gasteiger partial charge is 0.258 e. The molecule has 1 aromatic carbocycles. The van der Waals surface area contributed by atoms with Crippen LogP contribution in [0.25, 0.3) is 11.5 Å². The topological polar surface area (TPSA) is 64.9 Å². The number of halogens is 2. The molecule has 1 aliphatic rings. The van der Waals surface area contributed by atoms with Gasteiger partial charge in [-0.15, -0.1) is 12.4 Å². The Morgan fingerprint density at radius 2 is 2.00 bits per heavy atom. The molecule has 3 rings (SSSR count). The number of nitrogens with two attached hydrogens (primary N) is 1. The molecule has 1 heterocycles. The van der Waals surface area contributed by atoms with Crippen LogP contribution in [0.15, 0.2) is 22.7 Å². The molecule has 0 radical (unpaired) electrons. The second kappa shape index (κ2) is 5.50. The highest BCUT2D eigenvalue weighted by Crippen LogP contribution is 2.35. The summed E-state index contributed by atoms with van der Waals surface area (Å²) < 4.78 is 18.7. The molecular formula is C14H17ClFN3O. The summed E-state index contributed by atoms with van der Waals surface area (Å²) in [7, 11) is 0. The Kier molecular flexibility index (Phi) is 4.11. The van der Waals surface area contributed by atoms with Crippen molar-refractivity contribution in [2.45, 2.75) is 38.1 Å². The van der Waals surface area contributed by atoms with Crippen molar-refractivity contribution in [3.05, 3.63) is 35.4 Å². The van der Waals surface area contributed by atoms with Crippen molar-refractivity contribution >= 4 is 12.4 Å². The lowest BCUT2D eigenvalue weighted by molar-refractivity contribution is 0.372. The van der Waals surface area contributed by atoms with Crippen LogP contribution in [-0.4, -0.2) is 10.1 Å². The largest absolute Gasteiger partial charge is 0.334 e. The van der Waals surface area contributed by atoms with Crippen LogP contribution < -0.4 is 5.73 Å². The molecule has 2 aromatic rings. The lowest BCUT2D eigenvalue weighted by Gasteiger charge is -2.17. The first kappa shape index (κ1) is 14.9. The van der Waals surface area contributed by atoms with Crippen LogP contribution in [0.3, 0.4) is 0 Å². The van der Waals surface area contributed by atoms with Gasteiger partial charge in [-0.1, -0.05) is 24.1 Å². The van der Waals surface area contributed by atoms with Gasteiger partial charge in [0.25, 0.3) is 5.89 Å². The molecule has 4 nitrogen and oxygen atoms in total. The fourth-order valence-electron chi connectivity index (χ4n) is 2.50.